The van der Waals surface area contributed by atoms with Crippen molar-refractivity contribution in [3.05, 3.63) is 11.6 Å². The van der Waals surface area contributed by atoms with Gasteiger partial charge in [-0.3, -0.25) is 9.89 Å². The van der Waals surface area contributed by atoms with E-state index in [1.165, 1.54) is 4.90 Å². The Balaban J connectivity index is 2.87. The minimum atomic E-state index is -0.273. The summed E-state index contributed by atoms with van der Waals surface area (Å²) in [6, 6.07) is 0. The molecule has 1 heterocycles. The summed E-state index contributed by atoms with van der Waals surface area (Å²) in [6.45, 7) is 6.23. The third kappa shape index (κ3) is 2.60. The van der Waals surface area contributed by atoms with Crippen LogP contribution in [-0.4, -0.2) is 39.6 Å². The van der Waals surface area contributed by atoms with Crippen molar-refractivity contribution in [2.45, 2.75) is 26.2 Å². The van der Waals surface area contributed by atoms with Crippen LogP contribution in [0.25, 0.3) is 0 Å². The number of H-pyrrole nitrogens is 1. The molecule has 0 atom stereocenters. The van der Waals surface area contributed by atoms with Gasteiger partial charge in [-0.05, 0) is 0 Å². The molecule has 5 nitrogen and oxygen atoms in total. The van der Waals surface area contributed by atoms with Crippen molar-refractivity contribution < 1.29 is 4.79 Å². The molecule has 1 rings (SSSR count). The number of hydrogen-bond donors (Lipinski definition) is 1. The lowest BCUT2D eigenvalue weighted by Crippen LogP contribution is -2.28. The standard InChI is InChI=1S/C11H16N4O/c1-6-7-15(5)9(16)8-12-10(14-13-8)11(2,3)4/h1H,7H2,2-5H3,(H,12,13,14). The summed E-state index contributed by atoms with van der Waals surface area (Å²) >= 11 is 0. The van der Waals surface area contributed by atoms with Crippen LogP contribution in [0, 0.1) is 12.3 Å². The highest BCUT2D eigenvalue weighted by molar-refractivity contribution is 5.90. The predicted octanol–water partition coefficient (Wildman–Crippen LogP) is 0.807. The van der Waals surface area contributed by atoms with Crippen LogP contribution in [0.3, 0.4) is 0 Å². The van der Waals surface area contributed by atoms with Gasteiger partial charge < -0.3 is 4.90 Å². The molecule has 0 bridgehead atoms. The van der Waals surface area contributed by atoms with Gasteiger partial charge >= 0.3 is 0 Å². The second-order valence-electron chi connectivity index (χ2n) is 4.62. The normalized spacial score (nSPS) is 10.9. The van der Waals surface area contributed by atoms with E-state index in [1.54, 1.807) is 7.05 Å². The summed E-state index contributed by atoms with van der Waals surface area (Å²) in [6.07, 6.45) is 5.13. The third-order valence-corrected chi connectivity index (χ3v) is 2.06. The zero-order chi connectivity index (χ0) is 12.3. The highest BCUT2D eigenvalue weighted by atomic mass is 16.2. The number of carbonyl (C=O) groups excluding carboxylic acids is 1. The fraction of sp³-hybridized carbons (Fsp3) is 0.545. The summed E-state index contributed by atoms with van der Waals surface area (Å²) in [5, 5.41) is 6.65. The van der Waals surface area contributed by atoms with E-state index < -0.39 is 0 Å². The second-order valence-corrected chi connectivity index (χ2v) is 4.62. The molecule has 0 radical (unpaired) electrons. The largest absolute Gasteiger partial charge is 0.328 e. The molecular weight excluding hydrogens is 204 g/mol. The Morgan fingerprint density at radius 1 is 1.56 bits per heavy atom. The molecule has 5 heteroatoms. The van der Waals surface area contributed by atoms with Crippen LogP contribution in [0.15, 0.2) is 0 Å². The molecular formula is C11H16N4O. The van der Waals surface area contributed by atoms with Crippen molar-refractivity contribution in [1.82, 2.24) is 20.1 Å². The van der Waals surface area contributed by atoms with Crippen LogP contribution >= 0.6 is 0 Å². The molecule has 1 aromatic heterocycles. The van der Waals surface area contributed by atoms with Crippen LogP contribution in [-0.2, 0) is 5.41 Å². The molecule has 0 spiro atoms. The monoisotopic (exact) mass is 220 g/mol. The molecule has 0 fully saturated rings. The first-order chi connectivity index (χ1) is 7.36. The maximum atomic E-state index is 11.8. The first-order valence-corrected chi connectivity index (χ1v) is 4.98. The van der Waals surface area contributed by atoms with E-state index >= 15 is 0 Å². The molecule has 0 aromatic carbocycles. The maximum absolute atomic E-state index is 11.8. The number of hydrogen-bond acceptors (Lipinski definition) is 3. The lowest BCUT2D eigenvalue weighted by atomic mass is 9.96. The molecule has 0 aliphatic rings. The summed E-state index contributed by atoms with van der Waals surface area (Å²) < 4.78 is 0. The smallest absolute Gasteiger partial charge is 0.294 e. The van der Waals surface area contributed by atoms with Crippen molar-refractivity contribution in [2.24, 2.45) is 0 Å². The summed E-state index contributed by atoms with van der Waals surface area (Å²) in [5.41, 5.74) is -0.157. The molecule has 0 aliphatic carbocycles. The maximum Gasteiger partial charge on any atom is 0.294 e. The highest BCUT2D eigenvalue weighted by Gasteiger charge is 2.22. The Kier molecular flexibility index (Phi) is 3.33. The van der Waals surface area contributed by atoms with Crippen molar-refractivity contribution >= 4 is 5.91 Å². The molecule has 0 saturated carbocycles. The van der Waals surface area contributed by atoms with E-state index in [1.807, 2.05) is 20.8 Å². The molecule has 1 aromatic rings. The molecule has 1 N–H and O–H groups in total. The molecule has 0 aliphatic heterocycles. The second kappa shape index (κ2) is 4.35. The number of aromatic amines is 1. The van der Waals surface area contributed by atoms with Gasteiger partial charge in [0.2, 0.25) is 5.82 Å². The number of terminal acetylenes is 1. The van der Waals surface area contributed by atoms with Crippen LogP contribution in [0.4, 0.5) is 0 Å². The van der Waals surface area contributed by atoms with Gasteiger partial charge in [-0.15, -0.1) is 11.5 Å². The fourth-order valence-electron chi connectivity index (χ4n) is 1.07. The van der Waals surface area contributed by atoms with Gasteiger partial charge in [-0.25, -0.2) is 4.98 Å². The van der Waals surface area contributed by atoms with Gasteiger partial charge in [0.1, 0.15) is 5.82 Å². The fourth-order valence-corrected chi connectivity index (χ4v) is 1.07. The zero-order valence-electron chi connectivity index (χ0n) is 10.0. The minimum Gasteiger partial charge on any atom is -0.328 e. The molecule has 1 amide bonds. The molecule has 0 saturated heterocycles. The first-order valence-electron chi connectivity index (χ1n) is 4.98. The number of nitrogens with one attached hydrogen (secondary N) is 1. The van der Waals surface area contributed by atoms with Gasteiger partial charge in [0.05, 0.1) is 6.54 Å². The van der Waals surface area contributed by atoms with Gasteiger partial charge in [0.15, 0.2) is 0 Å². The van der Waals surface area contributed by atoms with Gasteiger partial charge in [-0.2, -0.15) is 0 Å². The lowest BCUT2D eigenvalue weighted by molar-refractivity contribution is 0.0801. The van der Waals surface area contributed by atoms with Crippen molar-refractivity contribution in [3.8, 4) is 12.3 Å². The highest BCUT2D eigenvalue weighted by Crippen LogP contribution is 2.17. The number of amides is 1. The first kappa shape index (κ1) is 12.2. The van der Waals surface area contributed by atoms with Crippen LogP contribution in [0.1, 0.15) is 37.2 Å². The Hall–Kier alpha value is -1.83. The Bertz CT molecular complexity index is 422. The van der Waals surface area contributed by atoms with Crippen molar-refractivity contribution in [1.29, 1.82) is 0 Å². The summed E-state index contributed by atoms with van der Waals surface area (Å²) in [4.78, 5) is 17.3. The van der Waals surface area contributed by atoms with Crippen molar-refractivity contribution in [3.63, 3.8) is 0 Å². The SMILES string of the molecule is C#CCN(C)C(=O)c1n[nH]c(C(C)(C)C)n1. The number of carbonyl (C=O) groups is 1. The van der Waals surface area contributed by atoms with E-state index in [4.69, 9.17) is 6.42 Å². The summed E-state index contributed by atoms with van der Waals surface area (Å²) in [5.74, 6) is 2.96. The zero-order valence-corrected chi connectivity index (χ0v) is 10.0. The quantitative estimate of drug-likeness (QED) is 0.750. The van der Waals surface area contributed by atoms with E-state index in [2.05, 4.69) is 21.1 Å². The Morgan fingerprint density at radius 2 is 2.19 bits per heavy atom. The van der Waals surface area contributed by atoms with Gasteiger partial charge in [0, 0.05) is 12.5 Å². The average Bonchev–Trinajstić information content (AvgIpc) is 2.65. The van der Waals surface area contributed by atoms with Gasteiger partial charge in [-0.1, -0.05) is 26.7 Å². The number of nitrogens with zero attached hydrogens (tertiary/aromatic N) is 3. The van der Waals surface area contributed by atoms with Crippen LogP contribution < -0.4 is 0 Å². The molecule has 86 valence electrons. The van der Waals surface area contributed by atoms with Gasteiger partial charge in [0.25, 0.3) is 5.91 Å². The molecule has 16 heavy (non-hydrogen) atoms. The number of aromatic nitrogens is 3. The van der Waals surface area contributed by atoms with E-state index in [9.17, 15) is 4.79 Å². The van der Waals surface area contributed by atoms with Crippen LogP contribution in [0.2, 0.25) is 0 Å². The summed E-state index contributed by atoms with van der Waals surface area (Å²) in [7, 11) is 1.62. The minimum absolute atomic E-state index is 0.155. The molecule has 0 unspecified atom stereocenters. The average molecular weight is 220 g/mol. The van der Waals surface area contributed by atoms with E-state index in [0.717, 1.165) is 0 Å². The van der Waals surface area contributed by atoms with E-state index in [0.29, 0.717) is 5.82 Å². The van der Waals surface area contributed by atoms with Crippen LogP contribution in [0.5, 0.6) is 0 Å². The van der Waals surface area contributed by atoms with E-state index in [-0.39, 0.29) is 23.7 Å². The van der Waals surface area contributed by atoms with Crippen molar-refractivity contribution in [2.75, 3.05) is 13.6 Å². The topological polar surface area (TPSA) is 61.9 Å². The number of rotatable bonds is 2. The lowest BCUT2D eigenvalue weighted by Gasteiger charge is -2.13. The third-order valence-electron chi connectivity index (χ3n) is 2.06. The Morgan fingerprint density at radius 3 is 2.62 bits per heavy atom. The predicted molar refractivity (Wildman–Crippen MR) is 60.9 cm³/mol. The Labute approximate surface area is 95.3 Å².